The van der Waals surface area contributed by atoms with E-state index in [4.69, 9.17) is 11.6 Å². The summed E-state index contributed by atoms with van der Waals surface area (Å²) in [4.78, 5) is 0. The molecular formula is C11H11ClF2. The van der Waals surface area contributed by atoms with Crippen LogP contribution in [0.15, 0.2) is 23.8 Å². The quantitative estimate of drug-likeness (QED) is 0.670. The summed E-state index contributed by atoms with van der Waals surface area (Å²) >= 11 is 5.63. The molecule has 76 valence electrons. The van der Waals surface area contributed by atoms with Crippen LogP contribution < -0.4 is 0 Å². The zero-order chi connectivity index (χ0) is 10.6. The van der Waals surface area contributed by atoms with Crippen molar-refractivity contribution in [3.63, 3.8) is 0 Å². The summed E-state index contributed by atoms with van der Waals surface area (Å²) in [5, 5.41) is 0. The van der Waals surface area contributed by atoms with Crippen LogP contribution in [-0.4, -0.2) is 5.88 Å². The predicted molar refractivity (Wildman–Crippen MR) is 55.3 cm³/mol. The molecule has 0 N–H and O–H groups in total. The first-order valence-electron chi connectivity index (χ1n) is 4.38. The van der Waals surface area contributed by atoms with Gasteiger partial charge in [0.15, 0.2) is 11.6 Å². The Bertz CT molecular complexity index is 339. The molecule has 0 aliphatic carbocycles. The topological polar surface area (TPSA) is 0 Å². The molecule has 0 fully saturated rings. The van der Waals surface area contributed by atoms with Crippen LogP contribution in [0.25, 0.3) is 6.08 Å². The van der Waals surface area contributed by atoms with Crippen LogP contribution in [0.4, 0.5) is 8.78 Å². The minimum Gasteiger partial charge on any atom is -0.204 e. The van der Waals surface area contributed by atoms with Gasteiger partial charge in [-0.2, -0.15) is 0 Å². The van der Waals surface area contributed by atoms with Crippen molar-refractivity contribution in [2.45, 2.75) is 13.3 Å². The van der Waals surface area contributed by atoms with Gasteiger partial charge < -0.3 is 0 Å². The summed E-state index contributed by atoms with van der Waals surface area (Å²) in [5.74, 6) is -1.31. The molecule has 14 heavy (non-hydrogen) atoms. The number of halogens is 3. The number of hydrogen-bond acceptors (Lipinski definition) is 0. The van der Waals surface area contributed by atoms with E-state index < -0.39 is 11.6 Å². The first kappa shape index (κ1) is 11.2. The normalized spacial score (nSPS) is 11.9. The Hall–Kier alpha value is -0.890. The highest BCUT2D eigenvalue weighted by Gasteiger charge is 2.05. The Kier molecular flexibility index (Phi) is 4.08. The average molecular weight is 217 g/mol. The van der Waals surface area contributed by atoms with Gasteiger partial charge in [0.1, 0.15) is 0 Å². The van der Waals surface area contributed by atoms with Gasteiger partial charge in [-0.3, -0.25) is 0 Å². The number of hydrogen-bond donors (Lipinski definition) is 0. The van der Waals surface area contributed by atoms with Gasteiger partial charge in [0.05, 0.1) is 0 Å². The Morgan fingerprint density at radius 2 is 2.14 bits per heavy atom. The van der Waals surface area contributed by atoms with Crippen molar-refractivity contribution in [1.82, 2.24) is 0 Å². The molecular weight excluding hydrogens is 206 g/mol. The molecule has 1 aromatic carbocycles. The van der Waals surface area contributed by atoms with Crippen LogP contribution in [0.5, 0.6) is 0 Å². The van der Waals surface area contributed by atoms with Crippen molar-refractivity contribution in [3.05, 3.63) is 41.0 Å². The number of alkyl halides is 1. The third-order valence-corrected chi connectivity index (χ3v) is 2.31. The molecule has 0 aliphatic rings. The van der Waals surface area contributed by atoms with E-state index >= 15 is 0 Å². The monoisotopic (exact) mass is 216 g/mol. The lowest BCUT2D eigenvalue weighted by molar-refractivity contribution is 0.507. The minimum atomic E-state index is -0.830. The van der Waals surface area contributed by atoms with Gasteiger partial charge in [0, 0.05) is 11.4 Å². The Morgan fingerprint density at radius 1 is 1.43 bits per heavy atom. The van der Waals surface area contributed by atoms with Crippen molar-refractivity contribution in [2.75, 3.05) is 5.88 Å². The molecule has 0 bridgehead atoms. The lowest BCUT2D eigenvalue weighted by Gasteiger charge is -2.01. The summed E-state index contributed by atoms with van der Waals surface area (Å²) in [7, 11) is 0. The first-order valence-corrected chi connectivity index (χ1v) is 4.92. The van der Waals surface area contributed by atoms with Crippen LogP contribution in [0.1, 0.15) is 18.9 Å². The van der Waals surface area contributed by atoms with E-state index in [9.17, 15) is 8.78 Å². The maximum absolute atomic E-state index is 13.2. The molecule has 0 heterocycles. The van der Waals surface area contributed by atoms with Crippen LogP contribution in [0.2, 0.25) is 0 Å². The maximum atomic E-state index is 13.2. The van der Waals surface area contributed by atoms with E-state index in [1.54, 1.807) is 6.08 Å². The van der Waals surface area contributed by atoms with E-state index in [1.807, 2.05) is 6.92 Å². The zero-order valence-corrected chi connectivity index (χ0v) is 8.61. The highest BCUT2D eigenvalue weighted by Crippen LogP contribution is 2.16. The van der Waals surface area contributed by atoms with E-state index in [0.29, 0.717) is 5.88 Å². The fourth-order valence-electron chi connectivity index (χ4n) is 1.09. The first-order chi connectivity index (χ1) is 6.69. The fraction of sp³-hybridized carbons (Fsp3) is 0.273. The van der Waals surface area contributed by atoms with Gasteiger partial charge in [-0.1, -0.05) is 30.7 Å². The summed E-state index contributed by atoms with van der Waals surface area (Å²) < 4.78 is 26.0. The molecule has 0 atom stereocenters. The van der Waals surface area contributed by atoms with Gasteiger partial charge in [0.2, 0.25) is 0 Å². The molecule has 0 aromatic heterocycles. The zero-order valence-electron chi connectivity index (χ0n) is 7.86. The second kappa shape index (κ2) is 5.11. The Morgan fingerprint density at radius 3 is 2.71 bits per heavy atom. The van der Waals surface area contributed by atoms with Crippen LogP contribution in [0, 0.1) is 11.6 Å². The standard InChI is InChI=1S/C11H11ClF2/c1-2-8(7-12)6-9-4-3-5-10(13)11(9)14/h3-6H,2,7H2,1H3. The number of allylic oxidation sites excluding steroid dienone is 1. The molecule has 0 unspecified atom stereocenters. The van der Waals surface area contributed by atoms with Crippen LogP contribution in [-0.2, 0) is 0 Å². The molecule has 0 aliphatic heterocycles. The molecule has 0 radical (unpaired) electrons. The third kappa shape index (κ3) is 2.55. The molecule has 1 rings (SSSR count). The molecule has 0 spiro atoms. The average Bonchev–Trinajstić information content (AvgIpc) is 2.20. The van der Waals surface area contributed by atoms with E-state index in [-0.39, 0.29) is 5.56 Å². The van der Waals surface area contributed by atoms with Crippen LogP contribution >= 0.6 is 11.6 Å². The highest BCUT2D eigenvalue weighted by atomic mass is 35.5. The van der Waals surface area contributed by atoms with Gasteiger partial charge in [0.25, 0.3) is 0 Å². The molecule has 0 amide bonds. The van der Waals surface area contributed by atoms with Crippen molar-refractivity contribution >= 4 is 17.7 Å². The lowest BCUT2D eigenvalue weighted by Crippen LogP contribution is -1.90. The predicted octanol–water partition coefficient (Wildman–Crippen LogP) is 4.00. The second-order valence-electron chi connectivity index (χ2n) is 2.93. The minimum absolute atomic E-state index is 0.252. The molecule has 3 heteroatoms. The molecule has 0 saturated carbocycles. The van der Waals surface area contributed by atoms with Gasteiger partial charge in [-0.05, 0) is 12.5 Å². The summed E-state index contributed by atoms with van der Waals surface area (Å²) in [6, 6.07) is 4.10. The summed E-state index contributed by atoms with van der Waals surface area (Å²) in [5.41, 5.74) is 1.14. The largest absolute Gasteiger partial charge is 0.204 e. The molecule has 1 aromatic rings. The second-order valence-corrected chi connectivity index (χ2v) is 3.20. The van der Waals surface area contributed by atoms with Gasteiger partial charge in [-0.25, -0.2) is 8.78 Å². The highest BCUT2D eigenvalue weighted by molar-refractivity contribution is 6.19. The van der Waals surface area contributed by atoms with Gasteiger partial charge >= 0.3 is 0 Å². The van der Waals surface area contributed by atoms with Crippen molar-refractivity contribution in [3.8, 4) is 0 Å². The van der Waals surface area contributed by atoms with E-state index in [0.717, 1.165) is 18.1 Å². The third-order valence-electron chi connectivity index (χ3n) is 1.97. The Balaban J connectivity index is 3.07. The van der Waals surface area contributed by atoms with Crippen LogP contribution in [0.3, 0.4) is 0 Å². The maximum Gasteiger partial charge on any atom is 0.166 e. The molecule has 0 nitrogen and oxygen atoms in total. The van der Waals surface area contributed by atoms with Crippen molar-refractivity contribution in [1.29, 1.82) is 0 Å². The smallest absolute Gasteiger partial charge is 0.166 e. The van der Waals surface area contributed by atoms with E-state index in [1.165, 1.54) is 12.1 Å². The Labute approximate surface area is 87.2 Å². The fourth-order valence-corrected chi connectivity index (χ4v) is 1.35. The van der Waals surface area contributed by atoms with Gasteiger partial charge in [-0.15, -0.1) is 11.6 Å². The SMILES string of the molecule is CCC(=Cc1cccc(F)c1F)CCl. The lowest BCUT2D eigenvalue weighted by atomic mass is 10.1. The summed E-state index contributed by atoms with van der Waals surface area (Å²) in [6.45, 7) is 1.92. The van der Waals surface area contributed by atoms with Crippen molar-refractivity contribution < 1.29 is 8.78 Å². The summed E-state index contributed by atoms with van der Waals surface area (Å²) in [6.07, 6.45) is 2.32. The van der Waals surface area contributed by atoms with Crippen molar-refractivity contribution in [2.24, 2.45) is 0 Å². The number of benzene rings is 1. The molecule has 0 saturated heterocycles. The van der Waals surface area contributed by atoms with E-state index in [2.05, 4.69) is 0 Å². The number of rotatable bonds is 3.